The number of carbonyl (C=O) groups excluding carboxylic acids is 1. The molecule has 0 aliphatic rings. The molecule has 0 aliphatic heterocycles. The average Bonchev–Trinajstić information content (AvgIpc) is 2.66. The first-order chi connectivity index (χ1) is 13.8. The van der Waals surface area contributed by atoms with E-state index in [0.717, 1.165) is 21.0 Å². The Hall–Kier alpha value is -3.12. The number of sulfonamides is 1. The lowest BCUT2D eigenvalue weighted by atomic mass is 10.1. The number of rotatable bonds is 6. The summed E-state index contributed by atoms with van der Waals surface area (Å²) in [6.45, 7) is 5.37. The minimum absolute atomic E-state index is 0.148. The third-order valence-corrected chi connectivity index (χ3v) is 6.24. The predicted octanol–water partition coefficient (Wildman–Crippen LogP) is 4.45. The maximum Gasteiger partial charge on any atom is 0.264 e. The molecule has 150 valence electrons. The second kappa shape index (κ2) is 8.49. The van der Waals surface area contributed by atoms with Crippen molar-refractivity contribution in [3.8, 4) is 0 Å². The fourth-order valence-corrected chi connectivity index (χ4v) is 4.50. The molecule has 0 unspecified atom stereocenters. The number of nitrogens with one attached hydrogen (secondary N) is 1. The third-order valence-electron chi connectivity index (χ3n) is 4.45. The number of nitrogens with zero attached hydrogens (tertiary/aromatic N) is 1. The summed E-state index contributed by atoms with van der Waals surface area (Å²) in [6, 6.07) is 21.1. The standard InChI is InChI=1S/C23H24N2O3S/c1-17-9-11-22(12-10-17)29(27,28)25(21-14-18(2)13-19(3)15-21)16-23(26)24-20-7-5-4-6-8-20/h4-15H,16H2,1-3H3,(H,24,26). The summed E-state index contributed by atoms with van der Waals surface area (Å²) < 4.78 is 28.0. The van der Waals surface area contributed by atoms with Gasteiger partial charge in [0.15, 0.2) is 0 Å². The molecule has 0 heterocycles. The Morgan fingerprint density at radius 3 is 2.00 bits per heavy atom. The third kappa shape index (κ3) is 5.03. The molecule has 0 saturated heterocycles. The summed E-state index contributed by atoms with van der Waals surface area (Å²) in [4.78, 5) is 12.8. The van der Waals surface area contributed by atoms with Crippen LogP contribution in [0.3, 0.4) is 0 Å². The van der Waals surface area contributed by atoms with Crippen molar-refractivity contribution >= 4 is 27.3 Å². The van der Waals surface area contributed by atoms with Gasteiger partial charge in [0.05, 0.1) is 10.6 Å². The number of hydrogen-bond donors (Lipinski definition) is 1. The summed E-state index contributed by atoms with van der Waals surface area (Å²) in [5.41, 5.74) is 3.89. The van der Waals surface area contributed by atoms with Crippen molar-refractivity contribution in [1.29, 1.82) is 0 Å². The highest BCUT2D eigenvalue weighted by Crippen LogP contribution is 2.26. The van der Waals surface area contributed by atoms with Crippen LogP contribution in [0.1, 0.15) is 16.7 Å². The molecular weight excluding hydrogens is 384 g/mol. The number of amides is 1. The highest BCUT2D eigenvalue weighted by atomic mass is 32.2. The molecule has 1 N–H and O–H groups in total. The van der Waals surface area contributed by atoms with Gasteiger partial charge in [-0.3, -0.25) is 9.10 Å². The van der Waals surface area contributed by atoms with E-state index in [4.69, 9.17) is 0 Å². The number of anilines is 2. The largest absolute Gasteiger partial charge is 0.325 e. The Morgan fingerprint density at radius 2 is 1.41 bits per heavy atom. The van der Waals surface area contributed by atoms with Crippen molar-refractivity contribution in [2.24, 2.45) is 0 Å². The van der Waals surface area contributed by atoms with Gasteiger partial charge in [0.1, 0.15) is 6.54 Å². The quantitative estimate of drug-likeness (QED) is 0.655. The maximum absolute atomic E-state index is 13.4. The second-order valence-electron chi connectivity index (χ2n) is 7.08. The Bertz CT molecular complexity index is 1090. The van der Waals surface area contributed by atoms with Crippen molar-refractivity contribution in [3.05, 3.63) is 89.5 Å². The van der Waals surface area contributed by atoms with Gasteiger partial charge >= 0.3 is 0 Å². The molecule has 0 saturated carbocycles. The summed E-state index contributed by atoms with van der Waals surface area (Å²) >= 11 is 0. The van der Waals surface area contributed by atoms with E-state index >= 15 is 0 Å². The lowest BCUT2D eigenvalue weighted by Crippen LogP contribution is -2.38. The number of carbonyl (C=O) groups is 1. The second-order valence-corrected chi connectivity index (χ2v) is 8.95. The molecule has 29 heavy (non-hydrogen) atoms. The Balaban J connectivity index is 1.99. The van der Waals surface area contributed by atoms with Gasteiger partial charge < -0.3 is 5.32 Å². The van der Waals surface area contributed by atoms with Gasteiger partial charge in [-0.1, -0.05) is 42.0 Å². The van der Waals surface area contributed by atoms with Gasteiger partial charge in [0.2, 0.25) is 5.91 Å². The topological polar surface area (TPSA) is 66.5 Å². The highest BCUT2D eigenvalue weighted by Gasteiger charge is 2.27. The Kier molecular flexibility index (Phi) is 6.03. The summed E-state index contributed by atoms with van der Waals surface area (Å²) in [7, 11) is -3.92. The molecule has 0 bridgehead atoms. The molecule has 3 rings (SSSR count). The van der Waals surface area contributed by atoms with Crippen molar-refractivity contribution in [3.63, 3.8) is 0 Å². The van der Waals surface area contributed by atoms with Crippen LogP contribution >= 0.6 is 0 Å². The minimum atomic E-state index is -3.92. The first-order valence-corrected chi connectivity index (χ1v) is 10.7. The van der Waals surface area contributed by atoms with Crippen LogP contribution in [0.2, 0.25) is 0 Å². The molecule has 0 atom stereocenters. The van der Waals surface area contributed by atoms with Crippen LogP contribution in [-0.2, 0) is 14.8 Å². The highest BCUT2D eigenvalue weighted by molar-refractivity contribution is 7.92. The van der Waals surface area contributed by atoms with Crippen molar-refractivity contribution < 1.29 is 13.2 Å². The van der Waals surface area contributed by atoms with Crippen LogP contribution in [0.15, 0.2) is 77.7 Å². The van der Waals surface area contributed by atoms with Gasteiger partial charge in [0.25, 0.3) is 10.0 Å². The zero-order chi connectivity index (χ0) is 21.0. The zero-order valence-corrected chi connectivity index (χ0v) is 17.5. The van der Waals surface area contributed by atoms with E-state index in [1.807, 2.05) is 32.9 Å². The molecule has 5 nitrogen and oxygen atoms in total. The van der Waals surface area contributed by atoms with Crippen LogP contribution in [0.4, 0.5) is 11.4 Å². The Labute approximate surface area is 172 Å². The van der Waals surface area contributed by atoms with Gasteiger partial charge in [-0.15, -0.1) is 0 Å². The summed E-state index contributed by atoms with van der Waals surface area (Å²) in [5.74, 6) is -0.411. The number of benzene rings is 3. The molecule has 6 heteroatoms. The molecule has 3 aromatic carbocycles. The minimum Gasteiger partial charge on any atom is -0.325 e. The van der Waals surface area contributed by atoms with E-state index in [9.17, 15) is 13.2 Å². The lowest BCUT2D eigenvalue weighted by Gasteiger charge is -2.25. The van der Waals surface area contributed by atoms with E-state index in [0.29, 0.717) is 11.4 Å². The van der Waals surface area contributed by atoms with E-state index in [1.165, 1.54) is 0 Å². The fraction of sp³-hybridized carbons (Fsp3) is 0.174. The van der Waals surface area contributed by atoms with E-state index in [-0.39, 0.29) is 11.4 Å². The molecule has 0 fully saturated rings. The lowest BCUT2D eigenvalue weighted by molar-refractivity contribution is -0.114. The molecule has 0 aromatic heterocycles. The summed E-state index contributed by atoms with van der Waals surface area (Å²) in [5, 5.41) is 2.76. The van der Waals surface area contributed by atoms with E-state index in [1.54, 1.807) is 60.7 Å². The smallest absolute Gasteiger partial charge is 0.264 e. The van der Waals surface area contributed by atoms with Crippen molar-refractivity contribution in [2.45, 2.75) is 25.7 Å². The first-order valence-electron chi connectivity index (χ1n) is 9.28. The van der Waals surface area contributed by atoms with Gasteiger partial charge in [-0.25, -0.2) is 8.42 Å². The number of para-hydroxylation sites is 1. The summed E-state index contributed by atoms with van der Waals surface area (Å²) in [6.07, 6.45) is 0. The van der Waals surface area contributed by atoms with Crippen LogP contribution in [0.5, 0.6) is 0 Å². The van der Waals surface area contributed by atoms with Gasteiger partial charge in [-0.05, 0) is 68.3 Å². The zero-order valence-electron chi connectivity index (χ0n) is 16.7. The van der Waals surface area contributed by atoms with Crippen molar-refractivity contribution in [2.75, 3.05) is 16.2 Å². The van der Waals surface area contributed by atoms with Crippen molar-refractivity contribution in [1.82, 2.24) is 0 Å². The normalized spacial score (nSPS) is 11.1. The monoisotopic (exact) mass is 408 g/mol. The van der Waals surface area contributed by atoms with Crippen LogP contribution < -0.4 is 9.62 Å². The van der Waals surface area contributed by atoms with Crippen LogP contribution in [-0.4, -0.2) is 20.9 Å². The van der Waals surface area contributed by atoms with Gasteiger partial charge in [-0.2, -0.15) is 0 Å². The fourth-order valence-electron chi connectivity index (χ4n) is 3.10. The first kappa shape index (κ1) is 20.6. The maximum atomic E-state index is 13.4. The Morgan fingerprint density at radius 1 is 0.828 bits per heavy atom. The van der Waals surface area contributed by atoms with E-state index < -0.39 is 15.9 Å². The molecule has 0 radical (unpaired) electrons. The van der Waals surface area contributed by atoms with Crippen LogP contribution in [0.25, 0.3) is 0 Å². The molecular formula is C23H24N2O3S. The molecule has 1 amide bonds. The number of hydrogen-bond acceptors (Lipinski definition) is 3. The number of aryl methyl sites for hydroxylation is 3. The average molecular weight is 409 g/mol. The molecule has 0 spiro atoms. The van der Waals surface area contributed by atoms with Gasteiger partial charge in [0, 0.05) is 5.69 Å². The van der Waals surface area contributed by atoms with Crippen LogP contribution in [0, 0.1) is 20.8 Å². The SMILES string of the molecule is Cc1ccc(S(=O)(=O)N(CC(=O)Nc2ccccc2)c2cc(C)cc(C)c2)cc1. The molecule has 3 aromatic rings. The van der Waals surface area contributed by atoms with E-state index in [2.05, 4.69) is 5.32 Å². The molecule has 0 aliphatic carbocycles. The predicted molar refractivity (Wildman–Crippen MR) is 117 cm³/mol.